The average molecular weight is 437 g/mol. The molecule has 3 rings (SSSR count). The Bertz CT molecular complexity index is 848. The van der Waals surface area contributed by atoms with E-state index in [9.17, 15) is 13.2 Å². The smallest absolute Gasteiger partial charge is 0.201 e. The molecule has 0 bridgehead atoms. The van der Waals surface area contributed by atoms with Crippen LogP contribution in [0.5, 0.6) is 5.75 Å². The van der Waals surface area contributed by atoms with Gasteiger partial charge in [0.25, 0.3) is 0 Å². The molecule has 1 heterocycles. The summed E-state index contributed by atoms with van der Waals surface area (Å²) in [5, 5.41) is 0. The third-order valence-electron chi connectivity index (χ3n) is 5.55. The number of benzene rings is 2. The molecule has 0 aliphatic carbocycles. The molecular weight excluding hydrogens is 405 g/mol. The molecule has 1 saturated heterocycles. The summed E-state index contributed by atoms with van der Waals surface area (Å²) < 4.78 is 60.7. The average Bonchev–Trinajstić information content (AvgIpc) is 2.78. The van der Waals surface area contributed by atoms with E-state index in [2.05, 4.69) is 6.92 Å². The second-order valence-electron chi connectivity index (χ2n) is 7.92. The molecular formula is C25H31F3O3. The van der Waals surface area contributed by atoms with Crippen molar-refractivity contribution in [3.05, 3.63) is 53.3 Å². The zero-order valence-corrected chi connectivity index (χ0v) is 18.3. The van der Waals surface area contributed by atoms with Crippen molar-refractivity contribution in [3.63, 3.8) is 0 Å². The molecule has 0 radical (unpaired) electrons. The number of ether oxygens (including phenoxy) is 3. The standard InChI is InChI=1S/C25H31F3O3/c1-3-5-13-29-18-8-11-22(31-16-18)20-9-7-17(15-21(20)26)19-10-12-23(25(28)24(19)27)30-14-6-4-2/h7,9-10,12,15,18,22H,3-6,8,11,13-14,16H2,1-2H3. The first-order valence-electron chi connectivity index (χ1n) is 11.2. The lowest BCUT2D eigenvalue weighted by Crippen LogP contribution is -2.28. The number of unbranched alkanes of at least 4 members (excludes halogenated alkanes) is 2. The van der Waals surface area contributed by atoms with Crippen molar-refractivity contribution in [1.29, 1.82) is 0 Å². The molecule has 3 nitrogen and oxygen atoms in total. The lowest BCUT2D eigenvalue weighted by molar-refractivity contribution is -0.0880. The molecule has 2 unspecified atom stereocenters. The maximum Gasteiger partial charge on any atom is 0.201 e. The van der Waals surface area contributed by atoms with Crippen LogP contribution < -0.4 is 4.74 Å². The van der Waals surface area contributed by atoms with Crippen LogP contribution in [0.1, 0.15) is 64.0 Å². The van der Waals surface area contributed by atoms with Crippen LogP contribution in [-0.4, -0.2) is 25.9 Å². The Morgan fingerprint density at radius 1 is 0.935 bits per heavy atom. The topological polar surface area (TPSA) is 27.7 Å². The Morgan fingerprint density at radius 3 is 2.39 bits per heavy atom. The van der Waals surface area contributed by atoms with Crippen molar-refractivity contribution in [3.8, 4) is 16.9 Å². The van der Waals surface area contributed by atoms with Gasteiger partial charge in [0.1, 0.15) is 5.82 Å². The first kappa shape index (κ1) is 23.6. The highest BCUT2D eigenvalue weighted by molar-refractivity contribution is 5.66. The minimum atomic E-state index is -1.05. The molecule has 1 fully saturated rings. The maximum absolute atomic E-state index is 14.8. The van der Waals surface area contributed by atoms with E-state index < -0.39 is 17.5 Å². The fourth-order valence-corrected chi connectivity index (χ4v) is 3.65. The second-order valence-corrected chi connectivity index (χ2v) is 7.92. The Morgan fingerprint density at radius 2 is 1.71 bits per heavy atom. The largest absolute Gasteiger partial charge is 0.490 e. The van der Waals surface area contributed by atoms with Gasteiger partial charge in [0.15, 0.2) is 11.6 Å². The van der Waals surface area contributed by atoms with E-state index in [-0.39, 0.29) is 29.1 Å². The fourth-order valence-electron chi connectivity index (χ4n) is 3.65. The summed E-state index contributed by atoms with van der Waals surface area (Å²) in [4.78, 5) is 0. The van der Waals surface area contributed by atoms with Crippen LogP contribution in [0.15, 0.2) is 30.3 Å². The van der Waals surface area contributed by atoms with Gasteiger partial charge in [-0.2, -0.15) is 4.39 Å². The predicted octanol–water partition coefficient (Wildman–Crippen LogP) is 6.99. The van der Waals surface area contributed by atoms with E-state index in [1.807, 2.05) is 6.92 Å². The molecule has 0 aromatic heterocycles. The number of hydrogen-bond acceptors (Lipinski definition) is 3. The Labute approximate surface area is 182 Å². The molecule has 1 aliphatic heterocycles. The zero-order chi connectivity index (χ0) is 22.2. The Hall–Kier alpha value is -2.05. The predicted molar refractivity (Wildman–Crippen MR) is 115 cm³/mol. The van der Waals surface area contributed by atoms with Crippen molar-refractivity contribution in [2.24, 2.45) is 0 Å². The van der Waals surface area contributed by atoms with Gasteiger partial charge in [-0.25, -0.2) is 8.78 Å². The van der Waals surface area contributed by atoms with Crippen LogP contribution in [0.4, 0.5) is 13.2 Å². The molecule has 0 saturated carbocycles. The molecule has 0 spiro atoms. The van der Waals surface area contributed by atoms with Crippen molar-refractivity contribution < 1.29 is 27.4 Å². The van der Waals surface area contributed by atoms with E-state index in [0.29, 0.717) is 31.8 Å². The van der Waals surface area contributed by atoms with E-state index in [4.69, 9.17) is 14.2 Å². The summed E-state index contributed by atoms with van der Waals surface area (Å²) in [6.07, 6.45) is 4.87. The lowest BCUT2D eigenvalue weighted by Gasteiger charge is -2.29. The third kappa shape index (κ3) is 6.01. The molecule has 31 heavy (non-hydrogen) atoms. The second kappa shape index (κ2) is 11.5. The number of halogens is 3. The number of rotatable bonds is 10. The van der Waals surface area contributed by atoms with Gasteiger partial charge in [0, 0.05) is 17.7 Å². The Balaban J connectivity index is 1.68. The van der Waals surface area contributed by atoms with Crippen LogP contribution in [0.3, 0.4) is 0 Å². The van der Waals surface area contributed by atoms with Crippen LogP contribution in [0.2, 0.25) is 0 Å². The summed E-state index contributed by atoms with van der Waals surface area (Å²) in [5.41, 5.74) is 0.699. The van der Waals surface area contributed by atoms with Gasteiger partial charge in [-0.1, -0.05) is 38.8 Å². The quantitative estimate of drug-likeness (QED) is 0.376. The summed E-state index contributed by atoms with van der Waals surface area (Å²) in [5.74, 6) is -2.71. The van der Waals surface area contributed by atoms with Crippen molar-refractivity contribution in [2.75, 3.05) is 19.8 Å². The minimum absolute atomic E-state index is 0.000239. The van der Waals surface area contributed by atoms with Crippen LogP contribution in [0.25, 0.3) is 11.1 Å². The normalized spacial score (nSPS) is 18.9. The zero-order valence-electron chi connectivity index (χ0n) is 18.3. The maximum atomic E-state index is 14.8. The molecule has 2 aromatic rings. The van der Waals surface area contributed by atoms with Crippen molar-refractivity contribution in [1.82, 2.24) is 0 Å². The highest BCUT2D eigenvalue weighted by Gasteiger charge is 2.26. The van der Waals surface area contributed by atoms with Crippen LogP contribution in [0, 0.1) is 17.5 Å². The van der Waals surface area contributed by atoms with Gasteiger partial charge in [-0.05, 0) is 49.4 Å². The van der Waals surface area contributed by atoms with Gasteiger partial charge < -0.3 is 14.2 Å². The van der Waals surface area contributed by atoms with Crippen LogP contribution >= 0.6 is 0 Å². The lowest BCUT2D eigenvalue weighted by atomic mass is 9.96. The first-order chi connectivity index (χ1) is 15.0. The first-order valence-corrected chi connectivity index (χ1v) is 11.2. The van der Waals surface area contributed by atoms with E-state index >= 15 is 0 Å². The van der Waals surface area contributed by atoms with E-state index in [0.717, 1.165) is 32.1 Å². The minimum Gasteiger partial charge on any atom is -0.490 e. The number of hydrogen-bond donors (Lipinski definition) is 0. The summed E-state index contributed by atoms with van der Waals surface area (Å²) in [7, 11) is 0. The summed E-state index contributed by atoms with van der Waals surface area (Å²) >= 11 is 0. The summed E-state index contributed by atoms with van der Waals surface area (Å²) in [6.45, 7) is 5.55. The summed E-state index contributed by atoms with van der Waals surface area (Å²) in [6, 6.07) is 7.23. The van der Waals surface area contributed by atoms with E-state index in [1.165, 1.54) is 18.2 Å². The van der Waals surface area contributed by atoms with Gasteiger partial charge in [-0.15, -0.1) is 0 Å². The fraction of sp³-hybridized carbons (Fsp3) is 0.520. The molecule has 0 N–H and O–H groups in total. The van der Waals surface area contributed by atoms with Crippen LogP contribution in [-0.2, 0) is 9.47 Å². The molecule has 2 atom stereocenters. The van der Waals surface area contributed by atoms with Gasteiger partial charge in [-0.3, -0.25) is 0 Å². The third-order valence-corrected chi connectivity index (χ3v) is 5.55. The molecule has 1 aliphatic rings. The van der Waals surface area contributed by atoms with Crippen molar-refractivity contribution in [2.45, 2.75) is 64.6 Å². The highest BCUT2D eigenvalue weighted by atomic mass is 19.2. The van der Waals surface area contributed by atoms with E-state index in [1.54, 1.807) is 12.1 Å². The van der Waals surface area contributed by atoms with Gasteiger partial charge >= 0.3 is 0 Å². The van der Waals surface area contributed by atoms with Gasteiger partial charge in [0.05, 0.1) is 25.4 Å². The SMILES string of the molecule is CCCCOc1ccc(-c2ccc(C3CCC(OCCCC)CO3)c(F)c2)c(F)c1F. The van der Waals surface area contributed by atoms with Crippen molar-refractivity contribution >= 4 is 0 Å². The Kier molecular flexibility index (Phi) is 8.79. The molecule has 170 valence electrons. The monoisotopic (exact) mass is 436 g/mol. The molecule has 0 amide bonds. The molecule has 2 aromatic carbocycles. The molecule has 6 heteroatoms. The highest BCUT2D eigenvalue weighted by Crippen LogP contribution is 2.35. The van der Waals surface area contributed by atoms with Gasteiger partial charge in [0.2, 0.25) is 5.82 Å².